The molecule has 5 nitrogen and oxygen atoms in total. The maximum absolute atomic E-state index is 13.0. The second kappa shape index (κ2) is 8.57. The van der Waals surface area contributed by atoms with Gasteiger partial charge in [0.1, 0.15) is 12.4 Å². The molecule has 0 fully saturated rings. The fourth-order valence-electron chi connectivity index (χ4n) is 3.31. The Balaban J connectivity index is 1.39. The van der Waals surface area contributed by atoms with E-state index in [4.69, 9.17) is 16.3 Å². The summed E-state index contributed by atoms with van der Waals surface area (Å²) in [6, 6.07) is 23.1. The molecule has 7 heteroatoms. The SMILES string of the molecule is Cc1ccc(COc2ccc(C=c3sc4nnc(-c5ccc(Cl)cc5)n4c3=O)cc2)cc1. The van der Waals surface area contributed by atoms with Crippen LogP contribution in [0.3, 0.4) is 0 Å². The lowest BCUT2D eigenvalue weighted by Crippen LogP contribution is -2.23. The van der Waals surface area contributed by atoms with Gasteiger partial charge in [-0.15, -0.1) is 10.2 Å². The van der Waals surface area contributed by atoms with E-state index in [1.165, 1.54) is 16.9 Å². The molecule has 32 heavy (non-hydrogen) atoms. The summed E-state index contributed by atoms with van der Waals surface area (Å²) >= 11 is 7.28. The van der Waals surface area contributed by atoms with Crippen LogP contribution in [0, 0.1) is 6.92 Å². The molecule has 0 saturated heterocycles. The molecule has 3 aromatic carbocycles. The van der Waals surface area contributed by atoms with Gasteiger partial charge in [0.25, 0.3) is 5.56 Å². The number of thiazole rings is 1. The van der Waals surface area contributed by atoms with E-state index in [1.807, 2.05) is 42.5 Å². The topological polar surface area (TPSA) is 56.5 Å². The van der Waals surface area contributed by atoms with Crippen molar-refractivity contribution < 1.29 is 4.74 Å². The molecule has 0 aliphatic rings. The van der Waals surface area contributed by atoms with Crippen LogP contribution in [0.15, 0.2) is 77.6 Å². The van der Waals surface area contributed by atoms with Crippen molar-refractivity contribution in [2.24, 2.45) is 0 Å². The van der Waals surface area contributed by atoms with E-state index in [0.717, 1.165) is 22.4 Å². The lowest BCUT2D eigenvalue weighted by molar-refractivity contribution is 0.306. The van der Waals surface area contributed by atoms with Crippen molar-refractivity contribution in [2.45, 2.75) is 13.5 Å². The Morgan fingerprint density at radius 1 is 0.969 bits per heavy atom. The van der Waals surface area contributed by atoms with E-state index in [-0.39, 0.29) is 5.56 Å². The van der Waals surface area contributed by atoms with Crippen molar-refractivity contribution in [3.05, 3.63) is 109 Å². The summed E-state index contributed by atoms with van der Waals surface area (Å²) in [6.07, 6.45) is 1.86. The second-order valence-corrected chi connectivity index (χ2v) is 8.85. The first kappa shape index (κ1) is 20.4. The lowest BCUT2D eigenvalue weighted by atomic mass is 10.2. The molecular weight excluding hydrogens is 442 g/mol. The Kier molecular flexibility index (Phi) is 5.47. The number of halogens is 1. The van der Waals surface area contributed by atoms with Gasteiger partial charge in [0.2, 0.25) is 4.96 Å². The molecule has 5 aromatic rings. The molecule has 2 heterocycles. The van der Waals surface area contributed by atoms with Crippen LogP contribution in [-0.4, -0.2) is 14.6 Å². The van der Waals surface area contributed by atoms with Crippen LogP contribution in [0.25, 0.3) is 22.4 Å². The van der Waals surface area contributed by atoms with Crippen molar-refractivity contribution in [3.63, 3.8) is 0 Å². The van der Waals surface area contributed by atoms with Crippen molar-refractivity contribution in [1.29, 1.82) is 0 Å². The van der Waals surface area contributed by atoms with Gasteiger partial charge in [0.15, 0.2) is 5.82 Å². The highest BCUT2D eigenvalue weighted by Crippen LogP contribution is 2.20. The van der Waals surface area contributed by atoms with Crippen molar-refractivity contribution in [1.82, 2.24) is 14.6 Å². The molecule has 0 radical (unpaired) electrons. The molecule has 0 amide bonds. The fourth-order valence-corrected chi connectivity index (χ4v) is 4.35. The molecule has 0 saturated carbocycles. The predicted molar refractivity (Wildman–Crippen MR) is 128 cm³/mol. The van der Waals surface area contributed by atoms with Crippen molar-refractivity contribution in [2.75, 3.05) is 0 Å². The minimum Gasteiger partial charge on any atom is -0.489 e. The number of ether oxygens (including phenoxy) is 1. The number of rotatable bonds is 5. The third-order valence-electron chi connectivity index (χ3n) is 5.05. The first-order chi connectivity index (χ1) is 15.6. The summed E-state index contributed by atoms with van der Waals surface area (Å²) in [5.41, 5.74) is 3.91. The van der Waals surface area contributed by atoms with Crippen LogP contribution in [0.4, 0.5) is 0 Å². The first-order valence-corrected chi connectivity index (χ1v) is 11.2. The predicted octanol–water partition coefficient (Wildman–Crippen LogP) is 4.91. The number of aromatic nitrogens is 3. The summed E-state index contributed by atoms with van der Waals surface area (Å²) in [5, 5.41) is 8.97. The number of aryl methyl sites for hydroxylation is 1. The molecule has 0 spiro atoms. The van der Waals surface area contributed by atoms with Crippen LogP contribution >= 0.6 is 22.9 Å². The summed E-state index contributed by atoms with van der Waals surface area (Å²) in [7, 11) is 0. The average Bonchev–Trinajstić information content (AvgIpc) is 3.35. The molecule has 158 valence electrons. The largest absolute Gasteiger partial charge is 0.489 e. The highest BCUT2D eigenvalue weighted by Gasteiger charge is 2.14. The maximum Gasteiger partial charge on any atom is 0.276 e. The molecule has 0 aliphatic heterocycles. The van der Waals surface area contributed by atoms with Crippen LogP contribution in [0.2, 0.25) is 5.02 Å². The lowest BCUT2D eigenvalue weighted by Gasteiger charge is -2.06. The number of hydrogen-bond acceptors (Lipinski definition) is 5. The van der Waals surface area contributed by atoms with Gasteiger partial charge in [-0.05, 0) is 60.5 Å². The van der Waals surface area contributed by atoms with E-state index in [2.05, 4.69) is 41.4 Å². The minimum absolute atomic E-state index is 0.139. The number of nitrogens with zero attached hydrogens (tertiary/aromatic N) is 3. The molecule has 0 aliphatic carbocycles. The molecule has 0 unspecified atom stereocenters. The fraction of sp³-hybridized carbons (Fsp3) is 0.0800. The van der Waals surface area contributed by atoms with E-state index in [1.54, 1.807) is 16.5 Å². The van der Waals surface area contributed by atoms with Crippen LogP contribution in [-0.2, 0) is 6.61 Å². The third kappa shape index (κ3) is 4.15. The van der Waals surface area contributed by atoms with Gasteiger partial charge in [-0.3, -0.25) is 4.79 Å². The zero-order valence-corrected chi connectivity index (χ0v) is 18.7. The van der Waals surface area contributed by atoms with E-state index < -0.39 is 0 Å². The minimum atomic E-state index is -0.139. The Morgan fingerprint density at radius 2 is 1.69 bits per heavy atom. The summed E-state index contributed by atoms with van der Waals surface area (Å²) in [4.78, 5) is 13.6. The van der Waals surface area contributed by atoms with Gasteiger partial charge >= 0.3 is 0 Å². The number of fused-ring (bicyclic) bond motifs is 1. The average molecular weight is 460 g/mol. The standard InChI is InChI=1S/C25H18ClN3O2S/c1-16-2-4-18(5-3-16)15-31-21-12-6-17(7-13-21)14-22-24(30)29-23(27-28-25(29)32-22)19-8-10-20(26)11-9-19/h2-14H,15H2,1H3. The zero-order valence-electron chi connectivity index (χ0n) is 17.2. The van der Waals surface area contributed by atoms with E-state index in [0.29, 0.717) is 26.9 Å². The Bertz CT molecular complexity index is 1490. The molecule has 0 N–H and O–H groups in total. The normalized spacial score (nSPS) is 11.9. The third-order valence-corrected chi connectivity index (χ3v) is 6.27. The molecule has 5 rings (SSSR count). The number of hydrogen-bond donors (Lipinski definition) is 0. The highest BCUT2D eigenvalue weighted by atomic mass is 35.5. The van der Waals surface area contributed by atoms with Gasteiger partial charge in [-0.1, -0.05) is 64.9 Å². The first-order valence-electron chi connectivity index (χ1n) is 10.0. The second-order valence-electron chi connectivity index (χ2n) is 7.41. The summed E-state index contributed by atoms with van der Waals surface area (Å²) in [5.74, 6) is 1.29. The Morgan fingerprint density at radius 3 is 2.41 bits per heavy atom. The highest BCUT2D eigenvalue weighted by molar-refractivity contribution is 7.15. The van der Waals surface area contributed by atoms with Gasteiger partial charge < -0.3 is 4.74 Å². The van der Waals surface area contributed by atoms with E-state index >= 15 is 0 Å². The van der Waals surface area contributed by atoms with Crippen LogP contribution in [0.5, 0.6) is 5.75 Å². The number of benzene rings is 3. The molecular formula is C25H18ClN3O2S. The monoisotopic (exact) mass is 459 g/mol. The Labute approximate surface area is 193 Å². The zero-order chi connectivity index (χ0) is 22.1. The van der Waals surface area contributed by atoms with Crippen LogP contribution < -0.4 is 14.8 Å². The van der Waals surface area contributed by atoms with Crippen molar-refractivity contribution in [3.8, 4) is 17.1 Å². The molecule has 0 atom stereocenters. The van der Waals surface area contributed by atoms with Crippen LogP contribution in [0.1, 0.15) is 16.7 Å². The summed E-state index contributed by atoms with van der Waals surface area (Å²) in [6.45, 7) is 2.57. The molecule has 0 bridgehead atoms. The summed E-state index contributed by atoms with van der Waals surface area (Å²) < 4.78 is 8.00. The van der Waals surface area contributed by atoms with Gasteiger partial charge in [0, 0.05) is 10.6 Å². The smallest absolute Gasteiger partial charge is 0.276 e. The van der Waals surface area contributed by atoms with Gasteiger partial charge in [0.05, 0.1) is 4.53 Å². The quantitative estimate of drug-likeness (QED) is 0.375. The molecule has 2 aromatic heterocycles. The van der Waals surface area contributed by atoms with Gasteiger partial charge in [-0.2, -0.15) is 0 Å². The van der Waals surface area contributed by atoms with E-state index in [9.17, 15) is 4.79 Å². The van der Waals surface area contributed by atoms with Crippen molar-refractivity contribution >= 4 is 34.0 Å². The Hall–Kier alpha value is -3.48. The van der Waals surface area contributed by atoms with Gasteiger partial charge in [-0.25, -0.2) is 4.40 Å². The maximum atomic E-state index is 13.0.